The quantitative estimate of drug-likeness (QED) is 0.107. The average molecular weight is 818 g/mol. The van der Waals surface area contributed by atoms with E-state index in [9.17, 15) is 9.59 Å². The average Bonchev–Trinajstić information content (AvgIpc) is 3.28. The first kappa shape index (κ1) is 39.8. The Balaban J connectivity index is 0.000000156. The molecule has 61 heavy (non-hydrogen) atoms. The lowest BCUT2D eigenvalue weighted by molar-refractivity contribution is 0.0696. The van der Waals surface area contributed by atoms with Crippen molar-refractivity contribution in [2.75, 3.05) is 46.5 Å². The van der Waals surface area contributed by atoms with E-state index in [1.807, 2.05) is 72.8 Å². The van der Waals surface area contributed by atoms with E-state index in [0.29, 0.717) is 36.2 Å². The molecule has 10 nitrogen and oxygen atoms in total. The van der Waals surface area contributed by atoms with Gasteiger partial charge in [-0.25, -0.2) is 4.79 Å². The fourth-order valence-corrected chi connectivity index (χ4v) is 8.29. The highest BCUT2D eigenvalue weighted by molar-refractivity contribution is 5.90. The monoisotopic (exact) mass is 817 g/mol. The standard InChI is InChI=1S/C26H25NO4.C25H23NO4/c1-29-26(28)21-12-10-19(11-13-21)22-15-27(16-22)14-18-6-8-20(9-7-18)25-17-30-23-4-2-3-5-24(23)31-25;27-25(28)20-11-9-18(10-12-20)21-14-26(15-21)13-17-5-7-19(8-6-17)24-16-29-22-3-1-2-4-23(22)30-24/h2-13,22,25H,14-17H2,1H3;1-12,21,24H,13-16H2,(H,27,28)/p+1/t25-;/m1./s1. The molecule has 2 saturated heterocycles. The summed E-state index contributed by atoms with van der Waals surface area (Å²) in [5.74, 6) is 3.29. The van der Waals surface area contributed by atoms with Gasteiger partial charge in [-0.2, -0.15) is 0 Å². The molecule has 6 aromatic carbocycles. The van der Waals surface area contributed by atoms with E-state index in [0.717, 1.165) is 73.4 Å². The molecule has 0 bridgehead atoms. The van der Waals surface area contributed by atoms with Gasteiger partial charge in [0.1, 0.15) is 18.8 Å². The third kappa shape index (κ3) is 9.26. The lowest BCUT2D eigenvalue weighted by Gasteiger charge is -2.39. The molecule has 0 saturated carbocycles. The number of carbonyl (C=O) groups is 1. The zero-order valence-electron chi connectivity index (χ0n) is 34.1. The minimum Gasteiger partial charge on any atom is -0.485 e. The van der Waals surface area contributed by atoms with Crippen molar-refractivity contribution in [2.24, 2.45) is 0 Å². The van der Waals surface area contributed by atoms with Crippen molar-refractivity contribution in [2.45, 2.75) is 37.1 Å². The topological polar surface area (TPSA) is 111 Å². The molecule has 6 aromatic rings. The van der Waals surface area contributed by atoms with Crippen LogP contribution in [0.5, 0.6) is 23.0 Å². The van der Waals surface area contributed by atoms with Crippen molar-refractivity contribution in [1.82, 2.24) is 9.80 Å². The second kappa shape index (κ2) is 17.9. The van der Waals surface area contributed by atoms with Crippen LogP contribution in [0.3, 0.4) is 0 Å². The first-order chi connectivity index (χ1) is 29.8. The molecule has 4 aliphatic rings. The van der Waals surface area contributed by atoms with Crippen LogP contribution in [0.1, 0.15) is 73.3 Å². The third-order valence-electron chi connectivity index (χ3n) is 11.9. The Morgan fingerprint density at radius 3 is 1.33 bits per heavy atom. The molecule has 0 aromatic heterocycles. The maximum Gasteiger partial charge on any atom is 0.517 e. The number of aromatic carboxylic acids is 1. The summed E-state index contributed by atoms with van der Waals surface area (Å²) < 4.78 is 28.7. The number of carbonyl (C=O) groups excluding carboxylic acids is 1. The van der Waals surface area contributed by atoms with Crippen molar-refractivity contribution < 1.29 is 38.4 Å². The van der Waals surface area contributed by atoms with Gasteiger partial charge in [-0.15, -0.1) is 0 Å². The van der Waals surface area contributed by atoms with E-state index < -0.39 is 5.97 Å². The van der Waals surface area contributed by atoms with Crippen molar-refractivity contribution in [3.8, 4) is 23.0 Å². The summed E-state index contributed by atoms with van der Waals surface area (Å²) in [6.07, 6.45) is -0.161. The number of esters is 1. The molecule has 2 fully saturated rings. The molecule has 0 spiro atoms. The largest absolute Gasteiger partial charge is 0.517 e. The summed E-state index contributed by atoms with van der Waals surface area (Å²) in [5, 5.41) is 9.01. The summed E-state index contributed by atoms with van der Waals surface area (Å²) in [7, 11) is 1.47. The van der Waals surface area contributed by atoms with Gasteiger partial charge in [0.2, 0.25) is 0 Å². The number of carboxylic acid groups (broad SMARTS) is 1. The van der Waals surface area contributed by atoms with Crippen molar-refractivity contribution >= 4 is 11.9 Å². The zero-order valence-corrected chi connectivity index (χ0v) is 34.1. The molecule has 0 amide bonds. The predicted molar refractivity (Wildman–Crippen MR) is 232 cm³/mol. The molecule has 1 unspecified atom stereocenters. The smallest absolute Gasteiger partial charge is 0.485 e. The second-order valence-electron chi connectivity index (χ2n) is 16.1. The van der Waals surface area contributed by atoms with Gasteiger partial charge in [-0.05, 0) is 81.9 Å². The lowest BCUT2D eigenvalue weighted by Crippen LogP contribution is -2.44. The molecule has 10 rings (SSSR count). The van der Waals surface area contributed by atoms with E-state index in [2.05, 4.69) is 70.5 Å². The van der Waals surface area contributed by atoms with Gasteiger partial charge in [0.05, 0.1) is 5.56 Å². The summed E-state index contributed by atoms with van der Waals surface area (Å²) in [6, 6.07) is 48.0. The molecule has 2 N–H and O–H groups in total. The molecule has 10 heteroatoms. The van der Waals surface area contributed by atoms with E-state index in [1.54, 1.807) is 12.1 Å². The minimum absolute atomic E-state index is 0.0420. The fraction of sp³-hybridized carbons (Fsp3) is 0.255. The number of fused-ring (bicyclic) bond motifs is 2. The van der Waals surface area contributed by atoms with Crippen LogP contribution < -0.4 is 18.9 Å². The summed E-state index contributed by atoms with van der Waals surface area (Å²) in [4.78, 5) is 25.5. The Labute approximate surface area is 355 Å². The van der Waals surface area contributed by atoms with Gasteiger partial charge in [0.15, 0.2) is 42.3 Å². The SMILES string of the molecule is COC(=[OH+])c1ccc(C2CN(Cc3ccc([C@H]4COc5ccccc5O4)cc3)C2)cc1.O=C(O)c1ccc(C2CN(Cc3ccc(C4COc5ccccc5O4)cc3)C2)cc1. The number of methoxy groups -OCH3 is 1. The molecule has 2 atom stereocenters. The van der Waals surface area contributed by atoms with Crippen molar-refractivity contribution in [1.29, 1.82) is 0 Å². The summed E-state index contributed by atoms with van der Waals surface area (Å²) in [5.41, 5.74) is 8.38. The van der Waals surface area contributed by atoms with Crippen molar-refractivity contribution in [3.05, 3.63) is 190 Å². The van der Waals surface area contributed by atoms with Crippen LogP contribution in [0.4, 0.5) is 0 Å². The Morgan fingerprint density at radius 2 is 0.934 bits per heavy atom. The molecule has 310 valence electrons. The van der Waals surface area contributed by atoms with E-state index >= 15 is 0 Å². The highest BCUT2D eigenvalue weighted by Crippen LogP contribution is 2.38. The summed E-state index contributed by atoms with van der Waals surface area (Å²) >= 11 is 0. The van der Waals surface area contributed by atoms with Crippen molar-refractivity contribution in [3.63, 3.8) is 0 Å². The predicted octanol–water partition coefficient (Wildman–Crippen LogP) is 8.79. The second-order valence-corrected chi connectivity index (χ2v) is 16.1. The van der Waals surface area contributed by atoms with Crippen LogP contribution in [-0.2, 0) is 17.8 Å². The Morgan fingerprint density at radius 1 is 0.557 bits per heavy atom. The highest BCUT2D eigenvalue weighted by atomic mass is 16.6. The highest BCUT2D eigenvalue weighted by Gasteiger charge is 2.30. The molecule has 0 aliphatic carbocycles. The number of carboxylic acids is 1. The van der Waals surface area contributed by atoms with E-state index in [1.165, 1.54) is 29.4 Å². The van der Waals surface area contributed by atoms with Crippen LogP contribution in [0, 0.1) is 0 Å². The number of ether oxygens (including phenoxy) is 5. The van der Waals surface area contributed by atoms with E-state index in [-0.39, 0.29) is 18.2 Å². The van der Waals surface area contributed by atoms with Gasteiger partial charge < -0.3 is 33.6 Å². The van der Waals surface area contributed by atoms with Gasteiger partial charge in [0, 0.05) is 51.1 Å². The number of nitrogens with zero attached hydrogens (tertiary/aromatic N) is 2. The van der Waals surface area contributed by atoms with Crippen LogP contribution in [0.15, 0.2) is 146 Å². The first-order valence-electron chi connectivity index (χ1n) is 20.8. The van der Waals surface area contributed by atoms with Crippen LogP contribution in [0.25, 0.3) is 0 Å². The summed E-state index contributed by atoms with van der Waals surface area (Å²) in [6.45, 7) is 6.96. The number of para-hydroxylation sites is 4. The van der Waals surface area contributed by atoms with Gasteiger partial charge in [-0.1, -0.05) is 97.1 Å². The Bertz CT molecular complexity index is 2440. The zero-order chi connectivity index (χ0) is 41.7. The number of rotatable bonds is 10. The lowest BCUT2D eigenvalue weighted by atomic mass is 9.90. The fourth-order valence-electron chi connectivity index (χ4n) is 8.29. The number of likely N-dealkylation sites (tertiary alicyclic amines) is 2. The maximum absolute atomic E-state index is 11.0. The van der Waals surface area contributed by atoms with Gasteiger partial charge >= 0.3 is 11.9 Å². The Hall–Kier alpha value is -6.62. The third-order valence-corrected chi connectivity index (χ3v) is 11.9. The van der Waals surface area contributed by atoms with Gasteiger partial charge in [-0.3, -0.25) is 9.80 Å². The number of hydrogen-bond donors (Lipinski definition) is 1. The first-order valence-corrected chi connectivity index (χ1v) is 20.8. The number of benzene rings is 6. The molecule has 4 aliphatic heterocycles. The normalized spacial score (nSPS) is 18.4. The van der Waals surface area contributed by atoms with Crippen LogP contribution >= 0.6 is 0 Å². The number of hydrogen-bond acceptors (Lipinski definition) is 8. The maximum atomic E-state index is 11.0. The Kier molecular flexibility index (Phi) is 11.7. The van der Waals surface area contributed by atoms with Crippen LogP contribution in [-0.4, -0.2) is 78.1 Å². The molecule has 0 radical (unpaired) electrons. The molecule has 4 heterocycles. The molecular formula is C51H49N2O8+. The minimum atomic E-state index is -0.880. The van der Waals surface area contributed by atoms with E-state index in [4.69, 9.17) is 28.8 Å². The van der Waals surface area contributed by atoms with Gasteiger partial charge in [0.25, 0.3) is 0 Å². The molecular weight excluding hydrogens is 769 g/mol. The van der Waals surface area contributed by atoms with Crippen LogP contribution in [0.2, 0.25) is 0 Å².